The first-order valence-electron chi connectivity index (χ1n) is 5.82. The largest absolute Gasteiger partial charge is 0.480 e. The van der Waals surface area contributed by atoms with Crippen LogP contribution in [0.2, 0.25) is 0 Å². The first-order chi connectivity index (χ1) is 8.91. The molecule has 1 rings (SSSR count). The summed E-state index contributed by atoms with van der Waals surface area (Å²) in [6, 6.07) is -0.630. The van der Waals surface area contributed by atoms with Crippen LogP contribution in [0.25, 0.3) is 0 Å². The van der Waals surface area contributed by atoms with E-state index in [-0.39, 0.29) is 32.6 Å². The molecule has 0 unspecified atom stereocenters. The highest BCUT2D eigenvalue weighted by atomic mass is 16.5. The Labute approximate surface area is 110 Å². The fourth-order valence-electron chi connectivity index (χ4n) is 1.74. The Hall–Kier alpha value is -1.83. The highest BCUT2D eigenvalue weighted by Crippen LogP contribution is 2.21. The molecule has 0 aromatic carbocycles. The summed E-state index contributed by atoms with van der Waals surface area (Å²) in [5.41, 5.74) is -1.33. The number of carboxylic acids is 1. The highest BCUT2D eigenvalue weighted by molar-refractivity contribution is 5.87. The van der Waals surface area contributed by atoms with Gasteiger partial charge in [-0.05, 0) is 0 Å². The first kappa shape index (κ1) is 15.2. The maximum atomic E-state index is 11.9. The van der Waals surface area contributed by atoms with Gasteiger partial charge in [0.05, 0.1) is 7.11 Å². The van der Waals surface area contributed by atoms with Gasteiger partial charge in [0.25, 0.3) is 0 Å². The van der Waals surface area contributed by atoms with Crippen molar-refractivity contribution < 1.29 is 29.0 Å². The Morgan fingerprint density at radius 2 is 1.95 bits per heavy atom. The van der Waals surface area contributed by atoms with Crippen LogP contribution >= 0.6 is 0 Å². The van der Waals surface area contributed by atoms with Crippen LogP contribution in [0, 0.1) is 0 Å². The van der Waals surface area contributed by atoms with Gasteiger partial charge in [0.2, 0.25) is 0 Å². The van der Waals surface area contributed by atoms with E-state index in [9.17, 15) is 19.5 Å². The molecule has 0 bridgehead atoms. The van der Waals surface area contributed by atoms with Crippen LogP contribution < -0.4 is 5.32 Å². The number of nitrogens with one attached hydrogen (secondary N) is 1. The third-order valence-corrected chi connectivity index (χ3v) is 3.04. The van der Waals surface area contributed by atoms with Gasteiger partial charge in [-0.2, -0.15) is 0 Å². The summed E-state index contributed by atoms with van der Waals surface area (Å²) in [5, 5.41) is 11.7. The van der Waals surface area contributed by atoms with Gasteiger partial charge >= 0.3 is 18.0 Å². The number of carboxylic acid groups (broad SMARTS) is 1. The summed E-state index contributed by atoms with van der Waals surface area (Å²) in [6.07, 6.45) is 0.389. The van der Waals surface area contributed by atoms with E-state index in [2.05, 4.69) is 10.1 Å². The van der Waals surface area contributed by atoms with Crippen LogP contribution in [0.4, 0.5) is 4.79 Å². The Morgan fingerprint density at radius 1 is 1.37 bits per heavy atom. The van der Waals surface area contributed by atoms with Crippen molar-refractivity contribution in [3.63, 3.8) is 0 Å². The molecule has 1 saturated heterocycles. The molecule has 19 heavy (non-hydrogen) atoms. The highest BCUT2D eigenvalue weighted by Gasteiger charge is 2.42. The molecule has 1 heterocycles. The molecule has 108 valence electrons. The zero-order chi connectivity index (χ0) is 14.5. The van der Waals surface area contributed by atoms with Crippen LogP contribution in [-0.4, -0.2) is 67.4 Å². The number of hydrogen-bond acceptors (Lipinski definition) is 5. The average molecular weight is 274 g/mol. The van der Waals surface area contributed by atoms with Crippen LogP contribution in [0.15, 0.2) is 0 Å². The summed E-state index contributed by atoms with van der Waals surface area (Å²) in [7, 11) is 2.60. The number of esters is 1. The summed E-state index contributed by atoms with van der Waals surface area (Å²) < 4.78 is 9.53. The number of urea groups is 1. The Balaban J connectivity index is 2.66. The lowest BCUT2D eigenvalue weighted by Crippen LogP contribution is -2.60. The molecule has 2 N–H and O–H groups in total. The van der Waals surface area contributed by atoms with Crippen LogP contribution in [0.3, 0.4) is 0 Å². The quantitative estimate of drug-likeness (QED) is 0.665. The molecule has 0 aliphatic carbocycles. The van der Waals surface area contributed by atoms with Gasteiger partial charge in [-0.1, -0.05) is 0 Å². The van der Waals surface area contributed by atoms with E-state index in [1.807, 2.05) is 0 Å². The molecule has 1 aliphatic heterocycles. The smallest absolute Gasteiger partial charge is 0.329 e. The summed E-state index contributed by atoms with van der Waals surface area (Å²) in [6.45, 7) is 0.301. The molecule has 1 aliphatic rings. The second-order valence-corrected chi connectivity index (χ2v) is 4.36. The van der Waals surface area contributed by atoms with Gasteiger partial charge in [-0.3, -0.25) is 4.79 Å². The lowest BCUT2D eigenvalue weighted by Gasteiger charge is -2.35. The number of rotatable bonds is 4. The molecule has 2 amide bonds. The monoisotopic (exact) mass is 274 g/mol. The van der Waals surface area contributed by atoms with E-state index in [0.717, 1.165) is 4.90 Å². The minimum Gasteiger partial charge on any atom is -0.480 e. The fraction of sp³-hybridized carbons (Fsp3) is 0.727. The molecule has 0 spiro atoms. The predicted octanol–water partition coefficient (Wildman–Crippen LogP) is -0.565. The lowest BCUT2D eigenvalue weighted by molar-refractivity contribution is -0.148. The fourth-order valence-corrected chi connectivity index (χ4v) is 1.74. The molecule has 8 nitrogen and oxygen atoms in total. The zero-order valence-corrected chi connectivity index (χ0v) is 11.0. The molecular weight excluding hydrogens is 256 g/mol. The van der Waals surface area contributed by atoms with Crippen molar-refractivity contribution in [2.45, 2.75) is 18.4 Å². The molecule has 0 atom stereocenters. The standard InChI is InChI=1S/C11H18N2O6/c1-13(7-8(14)18-2)10(17)12-11(9(15)16)3-5-19-6-4-11/h3-7H2,1-2H3,(H,12,17)(H,15,16). The van der Waals surface area contributed by atoms with Gasteiger partial charge in [-0.25, -0.2) is 9.59 Å². The van der Waals surface area contributed by atoms with E-state index in [1.54, 1.807) is 0 Å². The topological polar surface area (TPSA) is 105 Å². The second kappa shape index (κ2) is 6.37. The van der Waals surface area contributed by atoms with Crippen molar-refractivity contribution >= 4 is 18.0 Å². The van der Waals surface area contributed by atoms with Crippen molar-refractivity contribution in [2.75, 3.05) is 33.9 Å². The number of amides is 2. The first-order valence-corrected chi connectivity index (χ1v) is 5.82. The van der Waals surface area contributed by atoms with Gasteiger partial charge < -0.3 is 24.8 Å². The Morgan fingerprint density at radius 3 is 2.42 bits per heavy atom. The van der Waals surface area contributed by atoms with Crippen molar-refractivity contribution in [1.29, 1.82) is 0 Å². The molecule has 1 fully saturated rings. The maximum Gasteiger partial charge on any atom is 0.329 e. The zero-order valence-electron chi connectivity index (χ0n) is 11.0. The van der Waals surface area contributed by atoms with E-state index < -0.39 is 23.5 Å². The summed E-state index contributed by atoms with van der Waals surface area (Å²) in [4.78, 5) is 35.3. The van der Waals surface area contributed by atoms with Crippen molar-refractivity contribution in [3.05, 3.63) is 0 Å². The predicted molar refractivity (Wildman–Crippen MR) is 63.6 cm³/mol. The van der Waals surface area contributed by atoms with E-state index in [0.29, 0.717) is 0 Å². The van der Waals surface area contributed by atoms with Gasteiger partial charge in [0, 0.05) is 33.1 Å². The normalized spacial score (nSPS) is 17.4. The van der Waals surface area contributed by atoms with Crippen LogP contribution in [0.5, 0.6) is 0 Å². The van der Waals surface area contributed by atoms with E-state index >= 15 is 0 Å². The van der Waals surface area contributed by atoms with Gasteiger partial charge in [-0.15, -0.1) is 0 Å². The molecule has 0 aromatic heterocycles. The second-order valence-electron chi connectivity index (χ2n) is 4.36. The molecule has 0 radical (unpaired) electrons. The number of carbonyl (C=O) groups excluding carboxylic acids is 2. The molecule has 0 saturated carbocycles. The number of ether oxygens (including phenoxy) is 2. The summed E-state index contributed by atoms with van der Waals surface area (Å²) in [5.74, 6) is -1.68. The number of methoxy groups -OCH3 is 1. The minimum absolute atomic E-state index is 0.195. The van der Waals surface area contributed by atoms with E-state index in [1.165, 1.54) is 14.2 Å². The van der Waals surface area contributed by atoms with Gasteiger partial charge in [0.15, 0.2) is 0 Å². The molecular formula is C11H18N2O6. The molecule has 0 aromatic rings. The lowest BCUT2D eigenvalue weighted by atomic mass is 9.90. The Bertz CT molecular complexity index is 364. The van der Waals surface area contributed by atoms with Crippen molar-refractivity contribution in [1.82, 2.24) is 10.2 Å². The van der Waals surface area contributed by atoms with Crippen molar-refractivity contribution in [3.8, 4) is 0 Å². The number of aliphatic carboxylic acids is 1. The average Bonchev–Trinajstić information content (AvgIpc) is 2.39. The third-order valence-electron chi connectivity index (χ3n) is 3.04. The van der Waals surface area contributed by atoms with Gasteiger partial charge in [0.1, 0.15) is 12.1 Å². The number of likely N-dealkylation sites (N-methyl/N-ethyl adjacent to an activating group) is 1. The number of nitrogens with zero attached hydrogens (tertiary/aromatic N) is 1. The number of hydrogen-bond donors (Lipinski definition) is 2. The third kappa shape index (κ3) is 3.82. The molecule has 8 heteroatoms. The van der Waals surface area contributed by atoms with E-state index in [4.69, 9.17) is 4.74 Å². The van der Waals surface area contributed by atoms with Crippen LogP contribution in [0.1, 0.15) is 12.8 Å². The Kier molecular flexibility index (Phi) is 5.11. The number of carbonyl (C=O) groups is 3. The minimum atomic E-state index is -1.33. The van der Waals surface area contributed by atoms with Crippen LogP contribution in [-0.2, 0) is 19.1 Å². The maximum absolute atomic E-state index is 11.9. The van der Waals surface area contributed by atoms with Crippen molar-refractivity contribution in [2.24, 2.45) is 0 Å². The SMILES string of the molecule is COC(=O)CN(C)C(=O)NC1(C(=O)O)CCOCC1. The summed E-state index contributed by atoms with van der Waals surface area (Å²) >= 11 is 0.